The van der Waals surface area contributed by atoms with E-state index in [-0.39, 0.29) is 12.4 Å². The molecule has 0 radical (unpaired) electrons. The summed E-state index contributed by atoms with van der Waals surface area (Å²) in [4.78, 5) is 0. The highest BCUT2D eigenvalue weighted by Crippen LogP contribution is 2.12. The molecule has 0 bridgehead atoms. The number of halogens is 1. The van der Waals surface area contributed by atoms with Gasteiger partial charge in [-0.25, -0.2) is 0 Å². The van der Waals surface area contributed by atoms with Crippen molar-refractivity contribution in [1.82, 2.24) is 5.43 Å². The fourth-order valence-electron chi connectivity index (χ4n) is 1.06. The molecule has 0 aromatic carbocycles. The van der Waals surface area contributed by atoms with Crippen LogP contribution in [0, 0.1) is 5.92 Å². The largest absolute Gasteiger partial charge is 0.380 e. The predicted molar refractivity (Wildman–Crippen MR) is 43.0 cm³/mol. The van der Waals surface area contributed by atoms with Gasteiger partial charge in [-0.2, -0.15) is 0 Å². The fraction of sp³-hybridized carbons (Fsp3) is 1.00. The van der Waals surface area contributed by atoms with Gasteiger partial charge in [-0.05, 0) is 12.3 Å². The third-order valence-electron chi connectivity index (χ3n) is 1.92. The Hall–Kier alpha value is 0.170. The van der Waals surface area contributed by atoms with E-state index in [1.54, 1.807) is 0 Å². The number of hydrogen-bond donors (Lipinski definition) is 2. The van der Waals surface area contributed by atoms with Crippen molar-refractivity contribution in [3.8, 4) is 0 Å². The molecule has 0 aliphatic carbocycles. The van der Waals surface area contributed by atoms with Gasteiger partial charge in [0.25, 0.3) is 0 Å². The minimum Gasteiger partial charge on any atom is -0.380 e. The van der Waals surface area contributed by atoms with Crippen molar-refractivity contribution in [2.45, 2.75) is 19.4 Å². The summed E-state index contributed by atoms with van der Waals surface area (Å²) in [7, 11) is 0. The number of hydrogen-bond acceptors (Lipinski definition) is 3. The van der Waals surface area contributed by atoms with E-state index in [9.17, 15) is 0 Å². The number of rotatable bonds is 1. The molecule has 62 valence electrons. The lowest BCUT2D eigenvalue weighted by Crippen LogP contribution is -2.46. The second kappa shape index (κ2) is 4.91. The van der Waals surface area contributed by atoms with Gasteiger partial charge in [0.05, 0.1) is 6.61 Å². The van der Waals surface area contributed by atoms with Crippen molar-refractivity contribution in [3.63, 3.8) is 0 Å². The minimum absolute atomic E-state index is 0. The second-order valence-corrected chi connectivity index (χ2v) is 2.61. The molecule has 1 rings (SSSR count). The van der Waals surface area contributed by atoms with Crippen LogP contribution in [0.1, 0.15) is 13.3 Å². The van der Waals surface area contributed by atoms with Crippen LogP contribution in [0.5, 0.6) is 0 Å². The summed E-state index contributed by atoms with van der Waals surface area (Å²) in [5, 5.41) is 0. The van der Waals surface area contributed by atoms with Gasteiger partial charge in [-0.3, -0.25) is 11.3 Å². The Balaban J connectivity index is 0.000000810. The monoisotopic (exact) mass is 166 g/mol. The molecule has 1 heterocycles. The summed E-state index contributed by atoms with van der Waals surface area (Å²) in [5.74, 6) is 5.92. The highest BCUT2D eigenvalue weighted by atomic mass is 35.5. The number of nitrogens with two attached hydrogens (primary N) is 1. The van der Waals surface area contributed by atoms with Crippen molar-refractivity contribution in [2.75, 3.05) is 13.2 Å². The van der Waals surface area contributed by atoms with Crippen molar-refractivity contribution in [2.24, 2.45) is 11.8 Å². The van der Waals surface area contributed by atoms with Crippen molar-refractivity contribution in [1.29, 1.82) is 0 Å². The van der Waals surface area contributed by atoms with Gasteiger partial charge >= 0.3 is 0 Å². The van der Waals surface area contributed by atoms with Gasteiger partial charge in [0.1, 0.15) is 0 Å². The Bertz CT molecular complexity index is 91.8. The minimum atomic E-state index is 0. The Morgan fingerprint density at radius 3 is 2.70 bits per heavy atom. The lowest BCUT2D eigenvalue weighted by molar-refractivity contribution is 0.0417. The van der Waals surface area contributed by atoms with Crippen LogP contribution in [-0.2, 0) is 4.74 Å². The topological polar surface area (TPSA) is 47.3 Å². The Labute approximate surface area is 67.7 Å². The van der Waals surface area contributed by atoms with Gasteiger partial charge in [-0.1, -0.05) is 6.92 Å². The van der Waals surface area contributed by atoms with Crippen LogP contribution < -0.4 is 11.3 Å². The first-order chi connectivity index (χ1) is 4.34. The van der Waals surface area contributed by atoms with E-state index in [2.05, 4.69) is 12.3 Å². The molecule has 1 aliphatic heterocycles. The summed E-state index contributed by atoms with van der Waals surface area (Å²) in [5.41, 5.74) is 2.73. The molecule has 0 spiro atoms. The van der Waals surface area contributed by atoms with Gasteiger partial charge in [0.2, 0.25) is 0 Å². The summed E-state index contributed by atoms with van der Waals surface area (Å²) in [6.07, 6.45) is 1.12. The third-order valence-corrected chi connectivity index (χ3v) is 1.92. The smallest absolute Gasteiger partial charge is 0.0635 e. The molecule has 1 fully saturated rings. The predicted octanol–water partition coefficient (Wildman–Crippen LogP) is 0.297. The summed E-state index contributed by atoms with van der Waals surface area (Å²) in [6.45, 7) is 3.84. The molecule has 1 aliphatic rings. The first-order valence-corrected chi connectivity index (χ1v) is 3.38. The molecule has 2 atom stereocenters. The van der Waals surface area contributed by atoms with Crippen LogP contribution >= 0.6 is 12.4 Å². The standard InChI is InChI=1S/C6H14N2O.ClH/c1-5-2-3-9-4-6(5)8-7;/h5-6,8H,2-4,7H2,1H3;1H/t5-,6-;/m1./s1. The highest BCUT2D eigenvalue weighted by molar-refractivity contribution is 5.85. The number of hydrazine groups is 1. The summed E-state index contributed by atoms with van der Waals surface area (Å²) in [6, 6.07) is 0.360. The van der Waals surface area contributed by atoms with E-state index in [1.165, 1.54) is 0 Å². The van der Waals surface area contributed by atoms with Crippen LogP contribution in [0.25, 0.3) is 0 Å². The molecular weight excluding hydrogens is 152 g/mol. The molecule has 0 aromatic heterocycles. The van der Waals surface area contributed by atoms with Crippen molar-refractivity contribution >= 4 is 12.4 Å². The molecule has 0 unspecified atom stereocenters. The highest BCUT2D eigenvalue weighted by Gasteiger charge is 2.19. The van der Waals surface area contributed by atoms with E-state index >= 15 is 0 Å². The molecule has 3 N–H and O–H groups in total. The Morgan fingerprint density at radius 1 is 1.60 bits per heavy atom. The van der Waals surface area contributed by atoms with E-state index in [0.29, 0.717) is 12.0 Å². The maximum atomic E-state index is 5.26. The zero-order valence-corrected chi connectivity index (χ0v) is 6.99. The normalized spacial score (nSPS) is 33.0. The molecular formula is C6H15ClN2O. The molecule has 0 aromatic rings. The zero-order chi connectivity index (χ0) is 6.69. The maximum absolute atomic E-state index is 5.26. The molecule has 0 amide bonds. The van der Waals surface area contributed by atoms with Gasteiger partial charge in [0.15, 0.2) is 0 Å². The van der Waals surface area contributed by atoms with Gasteiger partial charge in [-0.15, -0.1) is 12.4 Å². The number of nitrogens with one attached hydrogen (secondary N) is 1. The first-order valence-electron chi connectivity index (χ1n) is 3.38. The van der Waals surface area contributed by atoms with Gasteiger partial charge in [0, 0.05) is 12.6 Å². The van der Waals surface area contributed by atoms with Crippen LogP contribution in [0.2, 0.25) is 0 Å². The zero-order valence-electron chi connectivity index (χ0n) is 6.17. The molecule has 0 saturated carbocycles. The summed E-state index contributed by atoms with van der Waals surface area (Å²) >= 11 is 0. The quantitative estimate of drug-likeness (QED) is 0.435. The van der Waals surface area contributed by atoms with Crippen LogP contribution in [0.15, 0.2) is 0 Å². The van der Waals surface area contributed by atoms with Gasteiger partial charge < -0.3 is 4.74 Å². The SMILES string of the molecule is C[C@@H]1CCOC[C@H]1NN.Cl. The second-order valence-electron chi connectivity index (χ2n) is 2.61. The lowest BCUT2D eigenvalue weighted by atomic mass is 9.98. The average Bonchev–Trinajstić information content (AvgIpc) is 1.89. The van der Waals surface area contributed by atoms with E-state index in [1.807, 2.05) is 0 Å². The molecule has 3 nitrogen and oxygen atoms in total. The van der Waals surface area contributed by atoms with E-state index in [4.69, 9.17) is 10.6 Å². The van der Waals surface area contributed by atoms with Crippen LogP contribution in [0.3, 0.4) is 0 Å². The van der Waals surface area contributed by atoms with E-state index in [0.717, 1.165) is 19.6 Å². The lowest BCUT2D eigenvalue weighted by Gasteiger charge is -2.27. The fourth-order valence-corrected chi connectivity index (χ4v) is 1.06. The number of ether oxygens (including phenoxy) is 1. The maximum Gasteiger partial charge on any atom is 0.0635 e. The molecule has 1 saturated heterocycles. The Kier molecular flexibility index (Phi) is 4.99. The van der Waals surface area contributed by atoms with Crippen molar-refractivity contribution in [3.05, 3.63) is 0 Å². The summed E-state index contributed by atoms with van der Waals surface area (Å²) < 4.78 is 5.20. The molecule has 10 heavy (non-hydrogen) atoms. The van der Waals surface area contributed by atoms with Crippen LogP contribution in [0.4, 0.5) is 0 Å². The molecule has 4 heteroatoms. The van der Waals surface area contributed by atoms with E-state index < -0.39 is 0 Å². The van der Waals surface area contributed by atoms with Crippen LogP contribution in [-0.4, -0.2) is 19.3 Å². The average molecular weight is 167 g/mol. The Morgan fingerprint density at radius 2 is 2.30 bits per heavy atom. The first kappa shape index (κ1) is 10.2. The third kappa shape index (κ3) is 2.42. The van der Waals surface area contributed by atoms with Crippen molar-refractivity contribution < 1.29 is 4.74 Å².